The number of nitro groups is 1. The van der Waals surface area contributed by atoms with Crippen LogP contribution in [-0.2, 0) is 0 Å². The smallest absolute Gasteiger partial charge is 0.275 e. The number of hydrogen-bond donors (Lipinski definition) is 1. The van der Waals surface area contributed by atoms with Crippen molar-refractivity contribution in [1.29, 1.82) is 0 Å². The van der Waals surface area contributed by atoms with Gasteiger partial charge in [-0.3, -0.25) is 15.0 Å². The summed E-state index contributed by atoms with van der Waals surface area (Å²) in [6.07, 6.45) is 3.45. The Labute approximate surface area is 126 Å². The van der Waals surface area contributed by atoms with Crippen molar-refractivity contribution in [3.8, 4) is 0 Å². The molecule has 1 heterocycles. The molecule has 1 saturated carbocycles. The Morgan fingerprint density at radius 2 is 2.15 bits per heavy atom. The van der Waals surface area contributed by atoms with E-state index >= 15 is 0 Å². The van der Waals surface area contributed by atoms with E-state index in [-0.39, 0.29) is 16.7 Å². The monoisotopic (exact) mass is 339 g/mol. The van der Waals surface area contributed by atoms with Crippen LogP contribution in [0.25, 0.3) is 0 Å². The second-order valence-electron chi connectivity index (χ2n) is 5.66. The zero-order chi connectivity index (χ0) is 14.3. The number of halogens is 1. The molecule has 0 radical (unpaired) electrons. The highest BCUT2D eigenvalue weighted by Gasteiger charge is 2.44. The molecule has 2 N–H and O–H groups in total. The lowest BCUT2D eigenvalue weighted by atomic mass is 9.92. The molecule has 2 fully saturated rings. The molecule has 5 nitrogen and oxygen atoms in total. The number of hydrogen-bond acceptors (Lipinski definition) is 4. The van der Waals surface area contributed by atoms with Crippen molar-refractivity contribution in [3.63, 3.8) is 0 Å². The average Bonchev–Trinajstić information content (AvgIpc) is 3.18. The first-order valence-electron chi connectivity index (χ1n) is 7.01. The number of likely N-dealkylation sites (tertiary alicyclic amines) is 1. The molecule has 0 bridgehead atoms. The summed E-state index contributed by atoms with van der Waals surface area (Å²) in [6.45, 7) is 1.59. The molecule has 2 atom stereocenters. The Hall–Kier alpha value is -0.980. The zero-order valence-corrected chi connectivity index (χ0v) is 12.8. The Morgan fingerprint density at radius 3 is 2.75 bits per heavy atom. The minimum Gasteiger partial charge on any atom is -0.330 e. The molecular formula is C14H18BrN3O2. The zero-order valence-electron chi connectivity index (χ0n) is 11.2. The number of rotatable bonds is 4. The Balaban J connectivity index is 2.02. The second kappa shape index (κ2) is 5.42. The van der Waals surface area contributed by atoms with E-state index in [9.17, 15) is 10.1 Å². The van der Waals surface area contributed by atoms with Crippen LogP contribution in [0, 0.1) is 16.0 Å². The van der Waals surface area contributed by atoms with E-state index in [2.05, 4.69) is 20.8 Å². The maximum atomic E-state index is 11.4. The first kappa shape index (κ1) is 14.0. The number of nitrogens with two attached hydrogens (primary N) is 1. The summed E-state index contributed by atoms with van der Waals surface area (Å²) in [5.41, 5.74) is 6.92. The normalized spacial score (nSPS) is 26.9. The van der Waals surface area contributed by atoms with Crippen LogP contribution in [0.5, 0.6) is 0 Å². The van der Waals surface area contributed by atoms with Gasteiger partial charge in [0.2, 0.25) is 0 Å². The van der Waals surface area contributed by atoms with Crippen LogP contribution >= 0.6 is 15.9 Å². The Bertz CT molecular complexity index is 533. The van der Waals surface area contributed by atoms with Crippen molar-refractivity contribution in [2.45, 2.75) is 31.3 Å². The topological polar surface area (TPSA) is 72.4 Å². The molecule has 1 aromatic rings. The molecule has 2 unspecified atom stereocenters. The maximum absolute atomic E-state index is 11.4. The molecule has 0 amide bonds. The summed E-state index contributed by atoms with van der Waals surface area (Å²) in [4.78, 5) is 13.5. The lowest BCUT2D eigenvalue weighted by molar-refractivity contribution is -0.386. The van der Waals surface area contributed by atoms with E-state index in [4.69, 9.17) is 5.73 Å². The summed E-state index contributed by atoms with van der Waals surface area (Å²) >= 11 is 3.32. The molecule has 1 aromatic carbocycles. The quantitative estimate of drug-likeness (QED) is 0.676. The molecule has 1 aliphatic carbocycles. The third-order valence-corrected chi connectivity index (χ3v) is 4.88. The number of nitrogens with zero attached hydrogens (tertiary/aromatic N) is 2. The summed E-state index contributed by atoms with van der Waals surface area (Å²) in [7, 11) is 0. The molecule has 0 spiro atoms. The van der Waals surface area contributed by atoms with Crippen molar-refractivity contribution in [2.24, 2.45) is 11.7 Å². The van der Waals surface area contributed by atoms with Crippen molar-refractivity contribution in [1.82, 2.24) is 4.90 Å². The van der Waals surface area contributed by atoms with E-state index in [1.807, 2.05) is 12.1 Å². The standard InChI is InChI=1S/C14H18BrN3O2/c15-10-1-4-12(13(7-10)18(19)20)14-9(8-16)5-6-17(14)11-2-3-11/h1,4,7,9,11,14H,2-3,5-6,8,16H2. The van der Waals surface area contributed by atoms with Crippen LogP contribution in [0.1, 0.15) is 30.9 Å². The van der Waals surface area contributed by atoms with Crippen molar-refractivity contribution in [2.75, 3.05) is 13.1 Å². The van der Waals surface area contributed by atoms with Crippen LogP contribution in [0.4, 0.5) is 5.69 Å². The van der Waals surface area contributed by atoms with Crippen molar-refractivity contribution >= 4 is 21.6 Å². The molecule has 0 aromatic heterocycles. The number of benzene rings is 1. The van der Waals surface area contributed by atoms with Gasteiger partial charge in [0.15, 0.2) is 0 Å². The fourth-order valence-corrected chi connectivity index (χ4v) is 3.65. The van der Waals surface area contributed by atoms with Gasteiger partial charge in [-0.1, -0.05) is 15.9 Å². The minimum absolute atomic E-state index is 0.0981. The summed E-state index contributed by atoms with van der Waals surface area (Å²) in [5, 5.41) is 11.4. The van der Waals surface area contributed by atoms with E-state index in [1.165, 1.54) is 12.8 Å². The minimum atomic E-state index is -0.281. The van der Waals surface area contributed by atoms with Crippen LogP contribution in [-0.4, -0.2) is 29.0 Å². The first-order chi connectivity index (χ1) is 9.61. The first-order valence-corrected chi connectivity index (χ1v) is 7.80. The second-order valence-corrected chi connectivity index (χ2v) is 6.57. The van der Waals surface area contributed by atoms with Gasteiger partial charge in [0.1, 0.15) is 0 Å². The van der Waals surface area contributed by atoms with Gasteiger partial charge in [0, 0.05) is 28.2 Å². The van der Waals surface area contributed by atoms with Gasteiger partial charge < -0.3 is 5.73 Å². The average molecular weight is 340 g/mol. The van der Waals surface area contributed by atoms with Crippen LogP contribution in [0.2, 0.25) is 0 Å². The fourth-order valence-electron chi connectivity index (χ4n) is 3.30. The molecule has 3 rings (SSSR count). The summed E-state index contributed by atoms with van der Waals surface area (Å²) in [5.74, 6) is 0.315. The molecule has 1 aliphatic heterocycles. The van der Waals surface area contributed by atoms with Crippen LogP contribution < -0.4 is 5.73 Å². The van der Waals surface area contributed by atoms with Crippen molar-refractivity contribution < 1.29 is 4.92 Å². The predicted molar refractivity (Wildman–Crippen MR) is 80.4 cm³/mol. The van der Waals surface area contributed by atoms with Gasteiger partial charge in [-0.25, -0.2) is 0 Å². The molecular weight excluding hydrogens is 322 g/mol. The highest BCUT2D eigenvalue weighted by molar-refractivity contribution is 9.10. The Kier molecular flexibility index (Phi) is 3.79. The summed E-state index contributed by atoms with van der Waals surface area (Å²) in [6, 6.07) is 6.07. The predicted octanol–water partition coefficient (Wildman–Crippen LogP) is 2.84. The highest BCUT2D eigenvalue weighted by atomic mass is 79.9. The van der Waals surface area contributed by atoms with Gasteiger partial charge >= 0.3 is 0 Å². The summed E-state index contributed by atoms with van der Waals surface area (Å²) < 4.78 is 0.744. The SMILES string of the molecule is NCC1CCN(C2CC2)C1c1ccc(Br)cc1[N+](=O)[O-]. The van der Waals surface area contributed by atoms with Crippen LogP contribution in [0.3, 0.4) is 0 Å². The van der Waals surface area contributed by atoms with Crippen LogP contribution in [0.15, 0.2) is 22.7 Å². The third-order valence-electron chi connectivity index (χ3n) is 4.39. The van der Waals surface area contributed by atoms with E-state index in [0.717, 1.165) is 23.0 Å². The van der Waals surface area contributed by atoms with E-state index in [1.54, 1.807) is 6.07 Å². The molecule has 1 saturated heterocycles. The maximum Gasteiger partial charge on any atom is 0.275 e. The van der Waals surface area contributed by atoms with Gasteiger partial charge in [-0.2, -0.15) is 0 Å². The lowest BCUT2D eigenvalue weighted by Crippen LogP contribution is -2.30. The highest BCUT2D eigenvalue weighted by Crippen LogP contribution is 2.46. The van der Waals surface area contributed by atoms with Crippen molar-refractivity contribution in [3.05, 3.63) is 38.3 Å². The van der Waals surface area contributed by atoms with Gasteiger partial charge in [0.05, 0.1) is 4.92 Å². The van der Waals surface area contributed by atoms with Gasteiger partial charge in [-0.05, 0) is 50.4 Å². The molecule has 2 aliphatic rings. The fraction of sp³-hybridized carbons (Fsp3) is 0.571. The number of nitro benzene ring substituents is 1. The molecule has 6 heteroatoms. The molecule has 108 valence electrons. The largest absolute Gasteiger partial charge is 0.330 e. The third kappa shape index (κ3) is 2.47. The van der Waals surface area contributed by atoms with E-state index in [0.29, 0.717) is 18.5 Å². The Morgan fingerprint density at radius 1 is 1.40 bits per heavy atom. The molecule has 20 heavy (non-hydrogen) atoms. The van der Waals surface area contributed by atoms with Gasteiger partial charge in [-0.15, -0.1) is 0 Å². The lowest BCUT2D eigenvalue weighted by Gasteiger charge is -2.28. The van der Waals surface area contributed by atoms with E-state index < -0.39 is 0 Å². The van der Waals surface area contributed by atoms with Gasteiger partial charge in [0.25, 0.3) is 5.69 Å².